The van der Waals surface area contributed by atoms with E-state index < -0.39 is 5.97 Å². The van der Waals surface area contributed by atoms with Gasteiger partial charge < -0.3 is 13.9 Å². The summed E-state index contributed by atoms with van der Waals surface area (Å²) in [4.78, 5) is 16.5. The molecule has 5 heteroatoms. The molecule has 5 nitrogen and oxygen atoms in total. The van der Waals surface area contributed by atoms with Crippen molar-refractivity contribution in [3.05, 3.63) is 17.3 Å². The largest absolute Gasteiger partial charge is 0.460 e. The molecule has 0 spiro atoms. The lowest BCUT2D eigenvalue weighted by atomic mass is 10.0. The third-order valence-electron chi connectivity index (χ3n) is 3.35. The molecule has 1 aliphatic heterocycles. The van der Waals surface area contributed by atoms with Crippen molar-refractivity contribution in [2.24, 2.45) is 5.92 Å². The molecule has 0 unspecified atom stereocenters. The van der Waals surface area contributed by atoms with Crippen molar-refractivity contribution in [3.8, 4) is 0 Å². The second-order valence-corrected chi connectivity index (χ2v) is 5.53. The van der Waals surface area contributed by atoms with Crippen LogP contribution in [0.25, 0.3) is 0 Å². The number of nitrogens with zero attached hydrogens (tertiary/aromatic N) is 1. The van der Waals surface area contributed by atoms with E-state index in [4.69, 9.17) is 13.9 Å². The molecule has 1 aromatic heterocycles. The molecule has 0 saturated carbocycles. The van der Waals surface area contributed by atoms with Gasteiger partial charge in [-0.1, -0.05) is 13.8 Å². The summed E-state index contributed by atoms with van der Waals surface area (Å²) in [5.74, 6) is 1.19. The molecule has 0 aliphatic carbocycles. The quantitative estimate of drug-likeness (QED) is 0.776. The number of carbonyl (C=O) groups excluding carboxylic acids is 1. The summed E-state index contributed by atoms with van der Waals surface area (Å²) in [7, 11) is 0. The maximum atomic E-state index is 12.0. The van der Waals surface area contributed by atoms with Crippen molar-refractivity contribution in [3.63, 3.8) is 0 Å². The second kappa shape index (κ2) is 6.88. The van der Waals surface area contributed by atoms with E-state index in [1.54, 1.807) is 6.92 Å². The third kappa shape index (κ3) is 3.60. The summed E-state index contributed by atoms with van der Waals surface area (Å²) in [6, 6.07) is 0. The van der Waals surface area contributed by atoms with Crippen molar-refractivity contribution >= 4 is 5.97 Å². The Morgan fingerprint density at radius 3 is 2.70 bits per heavy atom. The Labute approximate surface area is 119 Å². The molecule has 0 bridgehead atoms. The first-order valence-electron chi connectivity index (χ1n) is 7.36. The summed E-state index contributed by atoms with van der Waals surface area (Å²) < 4.78 is 16.1. The van der Waals surface area contributed by atoms with Crippen molar-refractivity contribution in [2.75, 3.05) is 19.8 Å². The minimum Gasteiger partial charge on any atom is -0.460 e. The zero-order valence-corrected chi connectivity index (χ0v) is 12.5. The summed E-state index contributed by atoms with van der Waals surface area (Å²) >= 11 is 0. The third-order valence-corrected chi connectivity index (χ3v) is 3.35. The van der Waals surface area contributed by atoms with Crippen molar-refractivity contribution < 1.29 is 18.7 Å². The number of hydrogen-bond acceptors (Lipinski definition) is 5. The summed E-state index contributed by atoms with van der Waals surface area (Å²) in [6.45, 7) is 7.76. The van der Waals surface area contributed by atoms with E-state index in [1.165, 1.54) is 0 Å². The van der Waals surface area contributed by atoms with Crippen LogP contribution in [0.1, 0.15) is 61.7 Å². The highest BCUT2D eigenvalue weighted by Crippen LogP contribution is 2.29. The molecule has 0 radical (unpaired) electrons. The summed E-state index contributed by atoms with van der Waals surface area (Å²) in [6.07, 6.45) is 2.51. The Morgan fingerprint density at radius 2 is 2.10 bits per heavy atom. The smallest absolute Gasteiger partial charge is 0.376 e. The highest BCUT2D eigenvalue weighted by Gasteiger charge is 2.27. The lowest BCUT2D eigenvalue weighted by Gasteiger charge is -2.18. The van der Waals surface area contributed by atoms with Gasteiger partial charge in [-0.3, -0.25) is 0 Å². The van der Waals surface area contributed by atoms with Gasteiger partial charge in [-0.05, 0) is 32.1 Å². The van der Waals surface area contributed by atoms with Gasteiger partial charge >= 0.3 is 5.97 Å². The van der Waals surface area contributed by atoms with Gasteiger partial charge in [0.25, 0.3) is 0 Å². The lowest BCUT2D eigenvalue weighted by Crippen LogP contribution is -2.14. The normalized spacial score (nSPS) is 16.6. The predicted molar refractivity (Wildman–Crippen MR) is 73.8 cm³/mol. The number of rotatable bonds is 5. The number of esters is 1. The van der Waals surface area contributed by atoms with E-state index >= 15 is 0 Å². The molecule has 0 N–H and O–H groups in total. The topological polar surface area (TPSA) is 61.6 Å². The van der Waals surface area contributed by atoms with Crippen LogP contribution >= 0.6 is 0 Å². The van der Waals surface area contributed by atoms with Gasteiger partial charge in [0, 0.05) is 19.1 Å². The zero-order valence-electron chi connectivity index (χ0n) is 12.5. The Bertz CT molecular complexity index is 447. The minimum atomic E-state index is -0.408. The fourth-order valence-electron chi connectivity index (χ4n) is 2.37. The first kappa shape index (κ1) is 15.0. The van der Waals surface area contributed by atoms with Gasteiger partial charge in [0.1, 0.15) is 0 Å². The number of oxazole rings is 1. The van der Waals surface area contributed by atoms with Crippen LogP contribution in [-0.4, -0.2) is 30.8 Å². The number of aromatic nitrogens is 1. The number of hydrogen-bond donors (Lipinski definition) is 0. The van der Waals surface area contributed by atoms with Crippen molar-refractivity contribution in [1.29, 1.82) is 0 Å². The molecular formula is C15H23NO4. The Balaban J connectivity index is 2.23. The van der Waals surface area contributed by atoms with Crippen LogP contribution < -0.4 is 0 Å². The van der Waals surface area contributed by atoms with Crippen LogP contribution in [0.15, 0.2) is 4.42 Å². The first-order chi connectivity index (χ1) is 9.61. The monoisotopic (exact) mass is 281 g/mol. The molecule has 0 atom stereocenters. The van der Waals surface area contributed by atoms with E-state index in [2.05, 4.69) is 18.8 Å². The fraction of sp³-hybridized carbons (Fsp3) is 0.733. The number of carbonyl (C=O) groups is 1. The molecule has 0 amide bonds. The average molecular weight is 281 g/mol. The standard InChI is InChI=1S/C15H23NO4/c1-4-19-15(17)13-12(9-10(2)3)16-14(20-13)11-5-7-18-8-6-11/h10-11H,4-9H2,1-3H3. The van der Waals surface area contributed by atoms with Crippen molar-refractivity contribution in [2.45, 2.75) is 46.0 Å². The van der Waals surface area contributed by atoms with Crippen LogP contribution in [0.2, 0.25) is 0 Å². The first-order valence-corrected chi connectivity index (χ1v) is 7.36. The second-order valence-electron chi connectivity index (χ2n) is 5.53. The molecule has 2 rings (SSSR count). The van der Waals surface area contributed by atoms with Crippen LogP contribution in [0.5, 0.6) is 0 Å². The Hall–Kier alpha value is -1.36. The van der Waals surface area contributed by atoms with Gasteiger partial charge in [-0.15, -0.1) is 0 Å². The highest BCUT2D eigenvalue weighted by molar-refractivity contribution is 5.87. The van der Waals surface area contributed by atoms with Crippen LogP contribution in [0.3, 0.4) is 0 Å². The van der Waals surface area contributed by atoms with E-state index in [9.17, 15) is 4.79 Å². The predicted octanol–water partition coefficient (Wildman–Crippen LogP) is 2.94. The average Bonchev–Trinajstić information content (AvgIpc) is 2.83. The Morgan fingerprint density at radius 1 is 1.40 bits per heavy atom. The molecule has 112 valence electrons. The maximum absolute atomic E-state index is 12.0. The van der Waals surface area contributed by atoms with Gasteiger partial charge in [-0.2, -0.15) is 0 Å². The summed E-state index contributed by atoms with van der Waals surface area (Å²) in [5, 5.41) is 0. The molecule has 2 heterocycles. The van der Waals surface area contributed by atoms with Crippen molar-refractivity contribution in [1.82, 2.24) is 4.98 Å². The summed E-state index contributed by atoms with van der Waals surface area (Å²) in [5.41, 5.74) is 0.722. The fourth-order valence-corrected chi connectivity index (χ4v) is 2.37. The molecular weight excluding hydrogens is 258 g/mol. The van der Waals surface area contributed by atoms with Gasteiger partial charge in [0.15, 0.2) is 5.89 Å². The molecule has 1 fully saturated rings. The maximum Gasteiger partial charge on any atom is 0.376 e. The molecule has 0 aromatic carbocycles. The van der Waals surface area contributed by atoms with Gasteiger partial charge in [0.2, 0.25) is 5.76 Å². The molecule has 20 heavy (non-hydrogen) atoms. The van der Waals surface area contributed by atoms with Crippen LogP contribution in [0.4, 0.5) is 0 Å². The highest BCUT2D eigenvalue weighted by atomic mass is 16.5. The van der Waals surface area contributed by atoms with Crippen LogP contribution in [0, 0.1) is 5.92 Å². The molecule has 1 aliphatic rings. The zero-order chi connectivity index (χ0) is 14.5. The minimum absolute atomic E-state index is 0.248. The lowest BCUT2D eigenvalue weighted by molar-refractivity contribution is 0.0479. The Kier molecular flexibility index (Phi) is 5.17. The van der Waals surface area contributed by atoms with E-state index in [0.717, 1.165) is 38.2 Å². The van der Waals surface area contributed by atoms with Gasteiger partial charge in [0.05, 0.1) is 12.3 Å². The van der Waals surface area contributed by atoms with E-state index in [1.807, 2.05) is 0 Å². The number of ether oxygens (including phenoxy) is 2. The van der Waals surface area contributed by atoms with E-state index in [0.29, 0.717) is 18.4 Å². The SMILES string of the molecule is CCOC(=O)c1oc(C2CCOCC2)nc1CC(C)C. The van der Waals surface area contributed by atoms with E-state index in [-0.39, 0.29) is 11.7 Å². The molecule has 1 aromatic rings. The van der Waals surface area contributed by atoms with Crippen LogP contribution in [-0.2, 0) is 15.9 Å². The van der Waals surface area contributed by atoms with Gasteiger partial charge in [-0.25, -0.2) is 9.78 Å². The molecule has 1 saturated heterocycles.